The third-order valence-corrected chi connectivity index (χ3v) is 5.63. The van der Waals surface area contributed by atoms with Crippen LogP contribution in [0.5, 0.6) is 0 Å². The molecule has 3 rings (SSSR count). The lowest BCUT2D eigenvalue weighted by Crippen LogP contribution is -2.50. The fourth-order valence-electron chi connectivity index (χ4n) is 4.06. The number of nitrogens with zero attached hydrogens (tertiary/aromatic N) is 3. The molecule has 0 bridgehead atoms. The van der Waals surface area contributed by atoms with E-state index >= 15 is 0 Å². The van der Waals surface area contributed by atoms with Gasteiger partial charge in [-0.25, -0.2) is 0 Å². The molecule has 0 atom stereocenters. The van der Waals surface area contributed by atoms with Crippen molar-refractivity contribution in [2.75, 3.05) is 13.1 Å². The van der Waals surface area contributed by atoms with Crippen molar-refractivity contribution in [2.45, 2.75) is 63.8 Å². The van der Waals surface area contributed by atoms with Crippen LogP contribution in [0.2, 0.25) is 0 Å². The minimum absolute atomic E-state index is 0.0417. The van der Waals surface area contributed by atoms with Crippen LogP contribution in [0.3, 0.4) is 0 Å². The smallest absolute Gasteiger partial charge is 0.245 e. The van der Waals surface area contributed by atoms with E-state index in [0.717, 1.165) is 38.5 Å². The maximum Gasteiger partial charge on any atom is 0.245 e. The largest absolute Gasteiger partial charge is 0.343 e. The fraction of sp³-hybridized carbons (Fsp3) is 0.684. The Balaban J connectivity index is 1.70. The van der Waals surface area contributed by atoms with E-state index in [1.165, 1.54) is 6.08 Å². The van der Waals surface area contributed by atoms with Gasteiger partial charge in [0.2, 0.25) is 17.7 Å². The van der Waals surface area contributed by atoms with Crippen molar-refractivity contribution >= 4 is 11.8 Å². The summed E-state index contributed by atoms with van der Waals surface area (Å²) in [6.45, 7) is 6.49. The standard InChI is InChI=1S/C19H28N4O3/c1-3-16(24)23-12-8-15(9-13-23)17(25)21-19(10-6-4-5-7-11-19)18-20-14(2)26-22-18/h3,15H,1,4-13H2,2H3,(H,21,25). The molecule has 2 aliphatic rings. The Bertz CT molecular complexity index is 653. The van der Waals surface area contributed by atoms with Gasteiger partial charge in [0.25, 0.3) is 0 Å². The van der Waals surface area contributed by atoms with Crippen LogP contribution in [-0.4, -0.2) is 39.9 Å². The summed E-state index contributed by atoms with van der Waals surface area (Å²) in [7, 11) is 0. The lowest BCUT2D eigenvalue weighted by molar-refractivity contribution is -0.133. The molecule has 0 unspecified atom stereocenters. The predicted octanol–water partition coefficient (Wildman–Crippen LogP) is 2.47. The quantitative estimate of drug-likeness (QED) is 0.658. The molecule has 1 aromatic rings. The Morgan fingerprint density at radius 3 is 2.42 bits per heavy atom. The van der Waals surface area contributed by atoms with Crippen LogP contribution >= 0.6 is 0 Å². The average molecular weight is 360 g/mol. The number of hydrogen-bond donors (Lipinski definition) is 1. The molecule has 0 radical (unpaired) electrons. The first-order chi connectivity index (χ1) is 12.5. The number of aryl methyl sites for hydroxylation is 1. The number of piperidine rings is 1. The van der Waals surface area contributed by atoms with Crippen molar-refractivity contribution in [3.63, 3.8) is 0 Å². The molecule has 2 heterocycles. The summed E-state index contributed by atoms with van der Waals surface area (Å²) in [6.07, 6.45) is 8.77. The number of likely N-dealkylation sites (tertiary alicyclic amines) is 1. The van der Waals surface area contributed by atoms with Crippen molar-refractivity contribution < 1.29 is 14.1 Å². The molecule has 1 N–H and O–H groups in total. The first-order valence-electron chi connectivity index (χ1n) is 9.58. The number of nitrogens with one attached hydrogen (secondary N) is 1. The molecule has 26 heavy (non-hydrogen) atoms. The number of amides is 2. The molecule has 7 heteroatoms. The molecule has 142 valence electrons. The highest BCUT2D eigenvalue weighted by molar-refractivity contribution is 5.87. The lowest BCUT2D eigenvalue weighted by atomic mass is 9.87. The second-order valence-electron chi connectivity index (χ2n) is 7.43. The number of carbonyl (C=O) groups excluding carboxylic acids is 2. The van der Waals surface area contributed by atoms with E-state index in [2.05, 4.69) is 22.0 Å². The zero-order valence-corrected chi connectivity index (χ0v) is 15.5. The van der Waals surface area contributed by atoms with Gasteiger partial charge in [-0.3, -0.25) is 9.59 Å². The highest BCUT2D eigenvalue weighted by Crippen LogP contribution is 2.35. The summed E-state index contributed by atoms with van der Waals surface area (Å²) >= 11 is 0. The first kappa shape index (κ1) is 18.6. The molecule has 1 saturated carbocycles. The van der Waals surface area contributed by atoms with Crippen LogP contribution in [0.15, 0.2) is 17.2 Å². The molecule has 2 amide bonds. The van der Waals surface area contributed by atoms with Crippen LogP contribution < -0.4 is 5.32 Å². The minimum atomic E-state index is -0.528. The second-order valence-corrected chi connectivity index (χ2v) is 7.43. The number of hydrogen-bond acceptors (Lipinski definition) is 5. The van der Waals surface area contributed by atoms with Gasteiger partial charge in [0.15, 0.2) is 5.82 Å². The van der Waals surface area contributed by atoms with Crippen LogP contribution in [0.25, 0.3) is 0 Å². The van der Waals surface area contributed by atoms with Crippen molar-refractivity contribution in [2.24, 2.45) is 5.92 Å². The summed E-state index contributed by atoms with van der Waals surface area (Å²) < 4.78 is 5.20. The highest BCUT2D eigenvalue weighted by Gasteiger charge is 2.40. The van der Waals surface area contributed by atoms with E-state index in [1.807, 2.05) is 0 Å². The second kappa shape index (κ2) is 8.01. The van der Waals surface area contributed by atoms with E-state index in [1.54, 1.807) is 11.8 Å². The Kier molecular flexibility index (Phi) is 5.74. The Morgan fingerprint density at radius 2 is 1.88 bits per heavy atom. The third kappa shape index (κ3) is 3.97. The van der Waals surface area contributed by atoms with Crippen LogP contribution in [0, 0.1) is 12.8 Å². The van der Waals surface area contributed by atoms with Crippen LogP contribution in [-0.2, 0) is 15.1 Å². The van der Waals surface area contributed by atoms with E-state index < -0.39 is 5.54 Å². The summed E-state index contributed by atoms with van der Waals surface area (Å²) in [5, 5.41) is 7.42. The molecule has 7 nitrogen and oxygen atoms in total. The van der Waals surface area contributed by atoms with Gasteiger partial charge in [0.05, 0.1) is 0 Å². The Hall–Kier alpha value is -2.18. The fourth-order valence-corrected chi connectivity index (χ4v) is 4.06. The summed E-state index contributed by atoms with van der Waals surface area (Å²) in [5.41, 5.74) is -0.528. The van der Waals surface area contributed by atoms with Gasteiger partial charge in [-0.1, -0.05) is 37.4 Å². The van der Waals surface area contributed by atoms with Crippen molar-refractivity contribution in [3.05, 3.63) is 24.4 Å². The lowest BCUT2D eigenvalue weighted by Gasteiger charge is -2.35. The molecule has 0 aromatic carbocycles. The topological polar surface area (TPSA) is 88.3 Å². The van der Waals surface area contributed by atoms with Crippen molar-refractivity contribution in [1.29, 1.82) is 0 Å². The molecule has 1 aliphatic heterocycles. The van der Waals surface area contributed by atoms with E-state index in [0.29, 0.717) is 37.6 Å². The maximum absolute atomic E-state index is 13.0. The van der Waals surface area contributed by atoms with Gasteiger partial charge in [0, 0.05) is 25.9 Å². The SMILES string of the molecule is C=CC(=O)N1CCC(C(=O)NC2(c3noc(C)n3)CCCCCC2)CC1. The summed E-state index contributed by atoms with van der Waals surface area (Å²) in [6, 6.07) is 0. The summed E-state index contributed by atoms with van der Waals surface area (Å²) in [5.74, 6) is 1.02. The molecule has 1 saturated heterocycles. The van der Waals surface area contributed by atoms with Gasteiger partial charge >= 0.3 is 0 Å². The number of carbonyl (C=O) groups is 2. The maximum atomic E-state index is 13.0. The van der Waals surface area contributed by atoms with Crippen molar-refractivity contribution in [1.82, 2.24) is 20.4 Å². The molecule has 2 fully saturated rings. The van der Waals surface area contributed by atoms with Gasteiger partial charge < -0.3 is 14.7 Å². The van der Waals surface area contributed by atoms with Gasteiger partial charge in [-0.05, 0) is 31.8 Å². The molecular formula is C19H28N4O3. The monoisotopic (exact) mass is 360 g/mol. The number of aromatic nitrogens is 2. The molecule has 1 aliphatic carbocycles. The van der Waals surface area contributed by atoms with Crippen molar-refractivity contribution in [3.8, 4) is 0 Å². The normalized spacial score (nSPS) is 21.0. The van der Waals surface area contributed by atoms with Crippen LogP contribution in [0.4, 0.5) is 0 Å². The van der Waals surface area contributed by atoms with Crippen LogP contribution in [0.1, 0.15) is 63.1 Å². The third-order valence-electron chi connectivity index (χ3n) is 5.63. The minimum Gasteiger partial charge on any atom is -0.343 e. The highest BCUT2D eigenvalue weighted by atomic mass is 16.5. The molecule has 1 aromatic heterocycles. The Labute approximate surface area is 154 Å². The summed E-state index contributed by atoms with van der Waals surface area (Å²) in [4.78, 5) is 30.9. The predicted molar refractivity (Wildman–Crippen MR) is 96.1 cm³/mol. The molecule has 0 spiro atoms. The van der Waals surface area contributed by atoms with Gasteiger partial charge in [0.1, 0.15) is 5.54 Å². The number of rotatable bonds is 4. The zero-order chi connectivity index (χ0) is 18.6. The van der Waals surface area contributed by atoms with E-state index in [9.17, 15) is 9.59 Å². The van der Waals surface area contributed by atoms with Gasteiger partial charge in [-0.2, -0.15) is 4.98 Å². The first-order valence-corrected chi connectivity index (χ1v) is 9.58. The van der Waals surface area contributed by atoms with Gasteiger partial charge in [-0.15, -0.1) is 0 Å². The Morgan fingerprint density at radius 1 is 1.23 bits per heavy atom. The molecular weight excluding hydrogens is 332 g/mol. The van der Waals surface area contributed by atoms with E-state index in [4.69, 9.17) is 4.52 Å². The average Bonchev–Trinajstić information content (AvgIpc) is 2.96. The van der Waals surface area contributed by atoms with E-state index in [-0.39, 0.29) is 17.7 Å². The zero-order valence-electron chi connectivity index (χ0n) is 15.5.